The number of nitrogens with two attached hydrogens (primary N) is 1. The fraction of sp³-hybridized carbons (Fsp3) is 0.367. The number of fused-ring (bicyclic) bond motifs is 2. The molecule has 0 fully saturated rings. The van der Waals surface area contributed by atoms with Crippen LogP contribution in [-0.2, 0) is 21.2 Å². The molecule has 1 amide bonds. The van der Waals surface area contributed by atoms with E-state index in [-0.39, 0.29) is 18.3 Å². The highest BCUT2D eigenvalue weighted by Crippen LogP contribution is 2.51. The summed E-state index contributed by atoms with van der Waals surface area (Å²) in [4.78, 5) is 12.6. The molecule has 188 valence electrons. The Morgan fingerprint density at radius 2 is 1.58 bits per heavy atom. The number of hydrogen-bond donors (Lipinski definition) is 1. The Morgan fingerprint density at radius 1 is 0.944 bits per heavy atom. The summed E-state index contributed by atoms with van der Waals surface area (Å²) in [5.41, 5.74) is 12.6. The number of benzene rings is 3. The van der Waals surface area contributed by atoms with Gasteiger partial charge >= 0.3 is 0 Å². The first-order chi connectivity index (χ1) is 17.2. The number of anilines is 1. The summed E-state index contributed by atoms with van der Waals surface area (Å²) in [5, 5.41) is 0. The zero-order chi connectivity index (χ0) is 25.6. The van der Waals surface area contributed by atoms with E-state index < -0.39 is 22.0 Å². The summed E-state index contributed by atoms with van der Waals surface area (Å²) in [6, 6.07) is 19.7. The summed E-state index contributed by atoms with van der Waals surface area (Å²) >= 11 is 0. The molecule has 0 aromatic heterocycles. The van der Waals surface area contributed by atoms with Crippen LogP contribution in [0.2, 0.25) is 0 Å². The van der Waals surface area contributed by atoms with Crippen LogP contribution in [0.3, 0.4) is 0 Å². The Balaban J connectivity index is 1.68. The fourth-order valence-electron chi connectivity index (χ4n) is 6.70. The standard InChI is InChI=1S/C30H34N2O3S/c1-19-15-20(2)30(21(3)16-19)36(34,35)32-23(18-29(31)33)17-27(26-12-6-7-14-28(26)32)25-13-8-10-22-9-4-5-11-24(22)25/h4-7,9,11-12,14-16,23,25,27H,8,10,13,17-18H2,1-3H3,(H2,31,33)/t23-,25?,27?/m0/s1. The van der Waals surface area contributed by atoms with Crippen LogP contribution in [0.5, 0.6) is 0 Å². The zero-order valence-electron chi connectivity index (χ0n) is 21.2. The van der Waals surface area contributed by atoms with Gasteiger partial charge in [0, 0.05) is 6.42 Å². The van der Waals surface area contributed by atoms with E-state index in [1.165, 1.54) is 15.4 Å². The lowest BCUT2D eigenvalue weighted by Gasteiger charge is -2.44. The molecular weight excluding hydrogens is 468 g/mol. The number of rotatable bonds is 5. The Labute approximate surface area is 214 Å². The van der Waals surface area contributed by atoms with E-state index >= 15 is 0 Å². The number of sulfonamides is 1. The molecule has 0 bridgehead atoms. The topological polar surface area (TPSA) is 80.5 Å². The second-order valence-electron chi connectivity index (χ2n) is 10.5. The minimum atomic E-state index is -3.94. The second kappa shape index (κ2) is 9.40. The van der Waals surface area contributed by atoms with E-state index in [4.69, 9.17) is 5.73 Å². The third kappa shape index (κ3) is 4.21. The van der Waals surface area contributed by atoms with Gasteiger partial charge in [-0.1, -0.05) is 60.2 Å². The molecule has 0 saturated heterocycles. The molecule has 36 heavy (non-hydrogen) atoms. The molecule has 2 N–H and O–H groups in total. The SMILES string of the molecule is Cc1cc(C)c(S(=O)(=O)N2c3ccccc3C(C3CCCc4ccccc43)C[C@H]2CC(N)=O)c(C)c1. The minimum Gasteiger partial charge on any atom is -0.370 e. The zero-order valence-corrected chi connectivity index (χ0v) is 22.0. The normalized spacial score (nSPS) is 21.5. The molecule has 2 aliphatic rings. The summed E-state index contributed by atoms with van der Waals surface area (Å²) in [6.07, 6.45) is 3.76. The molecule has 0 saturated carbocycles. The van der Waals surface area contributed by atoms with Crippen LogP contribution in [-0.4, -0.2) is 20.4 Å². The molecule has 2 unspecified atom stereocenters. The molecule has 1 aliphatic carbocycles. The average Bonchev–Trinajstić information content (AvgIpc) is 2.81. The van der Waals surface area contributed by atoms with Gasteiger partial charge in [0.05, 0.1) is 16.6 Å². The fourth-order valence-corrected chi connectivity index (χ4v) is 8.81. The van der Waals surface area contributed by atoms with Crippen LogP contribution in [0.25, 0.3) is 0 Å². The maximum atomic E-state index is 14.3. The lowest BCUT2D eigenvalue weighted by Crippen LogP contribution is -2.47. The van der Waals surface area contributed by atoms with Crippen molar-refractivity contribution in [3.05, 3.63) is 94.0 Å². The van der Waals surface area contributed by atoms with Crippen LogP contribution in [0.15, 0.2) is 65.6 Å². The van der Waals surface area contributed by atoms with Crippen LogP contribution in [0.4, 0.5) is 5.69 Å². The smallest absolute Gasteiger partial charge is 0.265 e. The van der Waals surface area contributed by atoms with Crippen molar-refractivity contribution in [2.45, 2.75) is 75.6 Å². The molecule has 3 aromatic rings. The van der Waals surface area contributed by atoms with Gasteiger partial charge in [0.25, 0.3) is 10.0 Å². The van der Waals surface area contributed by atoms with Crippen molar-refractivity contribution < 1.29 is 13.2 Å². The predicted molar refractivity (Wildman–Crippen MR) is 144 cm³/mol. The minimum absolute atomic E-state index is 0.0115. The maximum absolute atomic E-state index is 14.3. The van der Waals surface area contributed by atoms with Gasteiger partial charge in [-0.3, -0.25) is 9.10 Å². The summed E-state index contributed by atoms with van der Waals surface area (Å²) in [5.74, 6) is -0.0995. The molecule has 3 atom stereocenters. The Morgan fingerprint density at radius 3 is 2.28 bits per heavy atom. The molecule has 6 heteroatoms. The van der Waals surface area contributed by atoms with Gasteiger partial charge in [0.2, 0.25) is 5.91 Å². The molecule has 1 aliphatic heterocycles. The van der Waals surface area contributed by atoms with Gasteiger partial charge in [0.1, 0.15) is 0 Å². The number of aryl methyl sites for hydroxylation is 4. The van der Waals surface area contributed by atoms with Crippen molar-refractivity contribution in [3.63, 3.8) is 0 Å². The van der Waals surface area contributed by atoms with E-state index in [0.717, 1.165) is 30.4 Å². The molecule has 3 aromatic carbocycles. The van der Waals surface area contributed by atoms with Crippen LogP contribution in [0.1, 0.15) is 70.9 Å². The summed E-state index contributed by atoms with van der Waals surface area (Å²) in [6.45, 7) is 5.65. The van der Waals surface area contributed by atoms with Crippen molar-refractivity contribution in [1.29, 1.82) is 0 Å². The summed E-state index contributed by atoms with van der Waals surface area (Å²) < 4.78 is 30.2. The van der Waals surface area contributed by atoms with Gasteiger partial charge < -0.3 is 5.73 Å². The van der Waals surface area contributed by atoms with Gasteiger partial charge in [-0.05, 0) is 92.2 Å². The first kappa shape index (κ1) is 24.6. The first-order valence-corrected chi connectivity index (χ1v) is 14.2. The Hall–Kier alpha value is -3.12. The molecule has 0 radical (unpaired) electrons. The van der Waals surface area contributed by atoms with E-state index in [1.807, 2.05) is 51.1 Å². The quantitative estimate of drug-likeness (QED) is 0.489. The average molecular weight is 503 g/mol. The molecule has 5 rings (SSSR count). The lowest BCUT2D eigenvalue weighted by molar-refractivity contribution is -0.118. The van der Waals surface area contributed by atoms with E-state index in [1.54, 1.807) is 0 Å². The third-order valence-corrected chi connectivity index (χ3v) is 10.1. The van der Waals surface area contributed by atoms with E-state index in [2.05, 4.69) is 30.3 Å². The number of amides is 1. The Kier molecular flexibility index (Phi) is 6.41. The number of nitrogens with zero attached hydrogens (tertiary/aromatic N) is 1. The van der Waals surface area contributed by atoms with Crippen LogP contribution < -0.4 is 10.0 Å². The number of primary amides is 1. The number of para-hydroxylation sites is 1. The second-order valence-corrected chi connectivity index (χ2v) is 12.2. The highest BCUT2D eigenvalue weighted by Gasteiger charge is 2.44. The number of carbonyl (C=O) groups is 1. The highest BCUT2D eigenvalue weighted by atomic mass is 32.2. The molecular formula is C30H34N2O3S. The first-order valence-electron chi connectivity index (χ1n) is 12.8. The lowest BCUT2D eigenvalue weighted by atomic mass is 9.69. The predicted octanol–water partition coefficient (Wildman–Crippen LogP) is 5.66. The van der Waals surface area contributed by atoms with Gasteiger partial charge in [-0.2, -0.15) is 0 Å². The van der Waals surface area contributed by atoms with Gasteiger partial charge in [0.15, 0.2) is 0 Å². The number of carbonyl (C=O) groups excluding carboxylic acids is 1. The van der Waals surface area contributed by atoms with Crippen molar-refractivity contribution in [1.82, 2.24) is 0 Å². The molecule has 1 heterocycles. The van der Waals surface area contributed by atoms with Gasteiger partial charge in [-0.15, -0.1) is 0 Å². The number of hydrogen-bond acceptors (Lipinski definition) is 3. The van der Waals surface area contributed by atoms with E-state index in [0.29, 0.717) is 28.1 Å². The van der Waals surface area contributed by atoms with E-state index in [9.17, 15) is 13.2 Å². The van der Waals surface area contributed by atoms with Crippen LogP contribution >= 0.6 is 0 Å². The van der Waals surface area contributed by atoms with Crippen molar-refractivity contribution in [2.24, 2.45) is 5.73 Å². The summed E-state index contributed by atoms with van der Waals surface area (Å²) in [7, 11) is -3.94. The van der Waals surface area contributed by atoms with Gasteiger partial charge in [-0.25, -0.2) is 8.42 Å². The Bertz CT molecular complexity index is 1410. The molecule has 5 nitrogen and oxygen atoms in total. The largest absolute Gasteiger partial charge is 0.370 e. The van der Waals surface area contributed by atoms with Crippen molar-refractivity contribution in [3.8, 4) is 0 Å². The maximum Gasteiger partial charge on any atom is 0.265 e. The van der Waals surface area contributed by atoms with Crippen molar-refractivity contribution in [2.75, 3.05) is 4.31 Å². The monoisotopic (exact) mass is 502 g/mol. The van der Waals surface area contributed by atoms with Crippen LogP contribution in [0, 0.1) is 20.8 Å². The molecule has 0 spiro atoms. The third-order valence-electron chi connectivity index (χ3n) is 7.89. The van der Waals surface area contributed by atoms with Crippen molar-refractivity contribution >= 4 is 21.6 Å². The highest BCUT2D eigenvalue weighted by molar-refractivity contribution is 7.93.